The van der Waals surface area contributed by atoms with Crippen molar-refractivity contribution in [3.05, 3.63) is 12.2 Å². The van der Waals surface area contributed by atoms with Crippen molar-refractivity contribution in [1.29, 1.82) is 0 Å². The molecule has 0 aromatic carbocycles. The van der Waals surface area contributed by atoms with Gasteiger partial charge in [-0.2, -0.15) is 5.10 Å². The summed E-state index contributed by atoms with van der Waals surface area (Å²) in [7, 11) is 0. The summed E-state index contributed by atoms with van der Waals surface area (Å²) in [6.07, 6.45) is 2.99. The normalized spacial score (nSPS) is 23.1. The molecular weight excluding hydrogens is 258 g/mol. The van der Waals surface area contributed by atoms with Crippen LogP contribution in [0.2, 0.25) is 0 Å². The number of nitrogens with zero attached hydrogens (tertiary/aromatic N) is 4. The maximum Gasteiger partial charge on any atom is 0.246 e. The number of hydrogen-bond acceptors (Lipinski definition) is 4. The molecule has 2 unspecified atom stereocenters. The third-order valence-electron chi connectivity index (χ3n) is 3.63. The Kier molecular flexibility index (Phi) is 4.36. The van der Waals surface area contributed by atoms with E-state index in [9.17, 15) is 9.59 Å². The minimum Gasteiger partial charge on any atom is -0.343 e. The van der Waals surface area contributed by atoms with Crippen molar-refractivity contribution in [2.75, 3.05) is 0 Å². The van der Waals surface area contributed by atoms with Gasteiger partial charge in [-0.15, -0.1) is 0 Å². The van der Waals surface area contributed by atoms with Crippen molar-refractivity contribution in [3.8, 4) is 0 Å². The van der Waals surface area contributed by atoms with Crippen molar-refractivity contribution in [1.82, 2.24) is 25.0 Å². The van der Waals surface area contributed by atoms with Gasteiger partial charge in [0.05, 0.1) is 6.54 Å². The standard InChI is InChI=1S/C13H21N5O2/c1-4-6-10-13(20)17(9(3)12(19)16-10)7-11-14-8-15-18(11)5-2/h8-10H,4-7H2,1-3H3,(H,16,19). The van der Waals surface area contributed by atoms with Crippen LogP contribution in [0.4, 0.5) is 0 Å². The molecule has 110 valence electrons. The quantitative estimate of drug-likeness (QED) is 0.841. The zero-order chi connectivity index (χ0) is 14.7. The van der Waals surface area contributed by atoms with Gasteiger partial charge in [0.2, 0.25) is 11.8 Å². The van der Waals surface area contributed by atoms with Gasteiger partial charge in [0.1, 0.15) is 24.2 Å². The highest BCUT2D eigenvalue weighted by molar-refractivity contribution is 5.96. The predicted octanol–water partition coefficient (Wildman–Crippen LogP) is 0.314. The molecule has 1 aliphatic rings. The second-order valence-corrected chi connectivity index (χ2v) is 4.98. The van der Waals surface area contributed by atoms with Gasteiger partial charge in [-0.3, -0.25) is 9.59 Å². The molecule has 2 rings (SSSR count). The van der Waals surface area contributed by atoms with Crippen LogP contribution in [0.25, 0.3) is 0 Å². The summed E-state index contributed by atoms with van der Waals surface area (Å²) in [6.45, 7) is 6.71. The molecule has 7 nitrogen and oxygen atoms in total. The van der Waals surface area contributed by atoms with E-state index in [1.54, 1.807) is 16.5 Å². The van der Waals surface area contributed by atoms with Crippen LogP contribution in [0.15, 0.2) is 6.33 Å². The maximum atomic E-state index is 12.5. The van der Waals surface area contributed by atoms with Crippen LogP contribution in [-0.2, 0) is 22.7 Å². The van der Waals surface area contributed by atoms with E-state index >= 15 is 0 Å². The van der Waals surface area contributed by atoms with Gasteiger partial charge in [0, 0.05) is 6.54 Å². The van der Waals surface area contributed by atoms with E-state index in [1.165, 1.54) is 6.33 Å². The Morgan fingerprint density at radius 2 is 2.10 bits per heavy atom. The molecular formula is C13H21N5O2. The van der Waals surface area contributed by atoms with Crippen LogP contribution in [0.1, 0.15) is 39.4 Å². The molecule has 1 N–H and O–H groups in total. The fourth-order valence-electron chi connectivity index (χ4n) is 2.41. The van der Waals surface area contributed by atoms with E-state index in [2.05, 4.69) is 15.4 Å². The van der Waals surface area contributed by atoms with Crippen molar-refractivity contribution < 1.29 is 9.59 Å². The highest BCUT2D eigenvalue weighted by Crippen LogP contribution is 2.16. The number of aryl methyl sites for hydroxylation is 1. The molecule has 2 heterocycles. The molecule has 1 saturated heterocycles. The predicted molar refractivity (Wildman–Crippen MR) is 72.5 cm³/mol. The molecule has 0 aliphatic carbocycles. The molecule has 2 atom stereocenters. The second-order valence-electron chi connectivity index (χ2n) is 4.98. The van der Waals surface area contributed by atoms with Crippen molar-refractivity contribution in [2.24, 2.45) is 0 Å². The Labute approximate surface area is 118 Å². The summed E-state index contributed by atoms with van der Waals surface area (Å²) in [5, 5.41) is 6.87. The lowest BCUT2D eigenvalue weighted by Crippen LogP contribution is -2.62. The zero-order valence-electron chi connectivity index (χ0n) is 12.2. The van der Waals surface area contributed by atoms with Gasteiger partial charge < -0.3 is 10.2 Å². The maximum absolute atomic E-state index is 12.5. The van der Waals surface area contributed by atoms with Gasteiger partial charge in [0.25, 0.3) is 0 Å². The molecule has 0 saturated carbocycles. The average molecular weight is 279 g/mol. The minimum atomic E-state index is -0.474. The van der Waals surface area contributed by atoms with E-state index in [1.807, 2.05) is 13.8 Å². The first-order valence-corrected chi connectivity index (χ1v) is 7.06. The van der Waals surface area contributed by atoms with Gasteiger partial charge >= 0.3 is 0 Å². The summed E-state index contributed by atoms with van der Waals surface area (Å²) >= 11 is 0. The lowest BCUT2D eigenvalue weighted by Gasteiger charge is -2.37. The van der Waals surface area contributed by atoms with Gasteiger partial charge in [-0.25, -0.2) is 9.67 Å². The molecule has 0 spiro atoms. The largest absolute Gasteiger partial charge is 0.343 e. The Balaban J connectivity index is 2.18. The minimum absolute atomic E-state index is 0.0374. The first-order chi connectivity index (χ1) is 9.58. The monoisotopic (exact) mass is 279 g/mol. The van der Waals surface area contributed by atoms with Gasteiger partial charge in [-0.1, -0.05) is 13.3 Å². The van der Waals surface area contributed by atoms with E-state index < -0.39 is 12.1 Å². The number of aromatic nitrogens is 3. The Morgan fingerprint density at radius 3 is 2.75 bits per heavy atom. The molecule has 7 heteroatoms. The Hall–Kier alpha value is -1.92. The lowest BCUT2D eigenvalue weighted by molar-refractivity contribution is -0.149. The topological polar surface area (TPSA) is 80.1 Å². The third kappa shape index (κ3) is 2.66. The highest BCUT2D eigenvalue weighted by atomic mass is 16.2. The van der Waals surface area contributed by atoms with Crippen molar-refractivity contribution in [2.45, 2.75) is 58.8 Å². The number of amides is 2. The smallest absolute Gasteiger partial charge is 0.246 e. The number of piperazine rings is 1. The fraction of sp³-hybridized carbons (Fsp3) is 0.692. The first-order valence-electron chi connectivity index (χ1n) is 7.06. The SMILES string of the molecule is CCCC1NC(=O)C(C)N(Cc2ncnn2CC)C1=O. The number of carbonyl (C=O) groups excluding carboxylic acids is 2. The lowest BCUT2D eigenvalue weighted by atomic mass is 10.0. The van der Waals surface area contributed by atoms with Crippen molar-refractivity contribution >= 4 is 11.8 Å². The van der Waals surface area contributed by atoms with Crippen LogP contribution in [0, 0.1) is 0 Å². The Morgan fingerprint density at radius 1 is 1.35 bits per heavy atom. The average Bonchev–Trinajstić information content (AvgIpc) is 2.88. The molecule has 1 aromatic rings. The van der Waals surface area contributed by atoms with E-state index in [4.69, 9.17) is 0 Å². The highest BCUT2D eigenvalue weighted by Gasteiger charge is 2.37. The summed E-state index contributed by atoms with van der Waals surface area (Å²) in [5.74, 6) is 0.563. The fourth-order valence-corrected chi connectivity index (χ4v) is 2.41. The van der Waals surface area contributed by atoms with E-state index in [0.717, 1.165) is 6.42 Å². The van der Waals surface area contributed by atoms with Gasteiger partial charge in [-0.05, 0) is 20.3 Å². The molecule has 1 aromatic heterocycles. The number of rotatable bonds is 5. The molecule has 1 aliphatic heterocycles. The number of hydrogen-bond donors (Lipinski definition) is 1. The third-order valence-corrected chi connectivity index (χ3v) is 3.63. The number of carbonyl (C=O) groups is 2. The van der Waals surface area contributed by atoms with Crippen LogP contribution >= 0.6 is 0 Å². The first kappa shape index (κ1) is 14.5. The van der Waals surface area contributed by atoms with Crippen LogP contribution in [-0.4, -0.2) is 43.6 Å². The molecule has 1 fully saturated rings. The molecule has 0 radical (unpaired) electrons. The van der Waals surface area contributed by atoms with E-state index in [-0.39, 0.29) is 11.8 Å². The Bertz CT molecular complexity index is 499. The van der Waals surface area contributed by atoms with Crippen molar-refractivity contribution in [3.63, 3.8) is 0 Å². The molecule has 20 heavy (non-hydrogen) atoms. The zero-order valence-corrected chi connectivity index (χ0v) is 12.2. The second kappa shape index (κ2) is 6.02. The van der Waals surface area contributed by atoms with Crippen LogP contribution < -0.4 is 5.32 Å². The summed E-state index contributed by atoms with van der Waals surface area (Å²) in [6, 6.07) is -0.890. The summed E-state index contributed by atoms with van der Waals surface area (Å²) < 4.78 is 1.74. The van der Waals surface area contributed by atoms with E-state index in [0.29, 0.717) is 25.3 Å². The summed E-state index contributed by atoms with van der Waals surface area (Å²) in [5.41, 5.74) is 0. The van der Waals surface area contributed by atoms with Crippen LogP contribution in [0.3, 0.4) is 0 Å². The molecule has 0 bridgehead atoms. The van der Waals surface area contributed by atoms with Crippen LogP contribution in [0.5, 0.6) is 0 Å². The van der Waals surface area contributed by atoms with Gasteiger partial charge in [0.15, 0.2) is 0 Å². The summed E-state index contributed by atoms with van der Waals surface area (Å²) in [4.78, 5) is 30.2. The number of nitrogens with one attached hydrogen (secondary N) is 1. The molecule has 2 amide bonds.